The van der Waals surface area contributed by atoms with Gasteiger partial charge >= 0.3 is 0 Å². The van der Waals surface area contributed by atoms with Gasteiger partial charge in [0.2, 0.25) is 0 Å². The Morgan fingerprint density at radius 3 is 1.89 bits per heavy atom. The van der Waals surface area contributed by atoms with E-state index in [4.69, 9.17) is 13.9 Å². The van der Waals surface area contributed by atoms with E-state index in [0.717, 1.165) is 17.7 Å². The average Bonchev–Trinajstić information content (AvgIpc) is 3.01. The first kappa shape index (κ1) is 35.7. The Labute approximate surface area is 267 Å². The molecule has 0 heterocycles. The van der Waals surface area contributed by atoms with Crippen molar-refractivity contribution in [2.75, 3.05) is 13.7 Å². The van der Waals surface area contributed by atoms with Gasteiger partial charge in [-0.2, -0.15) is 0 Å². The second-order valence-electron chi connectivity index (χ2n) is 13.3. The van der Waals surface area contributed by atoms with Gasteiger partial charge in [0.1, 0.15) is 5.75 Å². The summed E-state index contributed by atoms with van der Waals surface area (Å²) in [6, 6.07) is 29.2. The molecule has 0 spiro atoms. The van der Waals surface area contributed by atoms with Crippen molar-refractivity contribution in [2.45, 2.75) is 90.3 Å². The molecule has 3 rings (SSSR count). The average molecular weight is 619 g/mol. The van der Waals surface area contributed by atoms with Gasteiger partial charge in [0.25, 0.3) is 8.32 Å². The van der Waals surface area contributed by atoms with Gasteiger partial charge in [-0.15, -0.1) is 6.58 Å². The zero-order chi connectivity index (χ0) is 32.2. The van der Waals surface area contributed by atoms with Gasteiger partial charge < -0.3 is 24.1 Å². The molecule has 0 bridgehead atoms. The molecular formula is C38H54O5Si. The highest BCUT2D eigenvalue weighted by molar-refractivity contribution is 6.99. The topological polar surface area (TPSA) is 68.2 Å². The number of hydrogen-bond acceptors (Lipinski definition) is 5. The Kier molecular flexibility index (Phi) is 13.9. The monoisotopic (exact) mass is 618 g/mol. The lowest BCUT2D eigenvalue weighted by atomic mass is 9.89. The first-order chi connectivity index (χ1) is 21.0. The van der Waals surface area contributed by atoms with Crippen molar-refractivity contribution in [2.24, 2.45) is 11.8 Å². The van der Waals surface area contributed by atoms with Gasteiger partial charge in [-0.3, -0.25) is 0 Å². The fourth-order valence-electron chi connectivity index (χ4n) is 6.15. The van der Waals surface area contributed by atoms with Crippen LogP contribution in [0, 0.1) is 11.8 Å². The minimum atomic E-state index is -2.61. The lowest BCUT2D eigenvalue weighted by Gasteiger charge is -2.43. The molecule has 0 aliphatic heterocycles. The Balaban J connectivity index is 1.58. The van der Waals surface area contributed by atoms with Gasteiger partial charge in [0.15, 0.2) is 0 Å². The SMILES string of the molecule is C=CC[C@@H](C[C@@H](O)C[C@H](O)[C@@H](C)C[C@H](C)CO[Si](c1ccccc1)(c1ccccc1)C(C)(C)C)OCc1ccc(OC)cc1. The number of benzene rings is 3. The number of ether oxygens (including phenoxy) is 2. The van der Waals surface area contributed by atoms with Crippen LogP contribution in [0.4, 0.5) is 0 Å². The lowest BCUT2D eigenvalue weighted by molar-refractivity contribution is -0.0159. The molecule has 3 aromatic rings. The first-order valence-corrected chi connectivity index (χ1v) is 17.9. The predicted octanol–water partition coefficient (Wildman–Crippen LogP) is 6.90. The van der Waals surface area contributed by atoms with Crippen molar-refractivity contribution in [3.05, 3.63) is 103 Å². The zero-order valence-corrected chi connectivity index (χ0v) is 28.6. The van der Waals surface area contributed by atoms with Crippen LogP contribution in [0.2, 0.25) is 5.04 Å². The van der Waals surface area contributed by atoms with E-state index < -0.39 is 20.5 Å². The number of aliphatic hydroxyl groups is 2. The van der Waals surface area contributed by atoms with Crippen LogP contribution in [0.5, 0.6) is 5.75 Å². The van der Waals surface area contributed by atoms with E-state index in [2.05, 4.69) is 102 Å². The first-order valence-electron chi connectivity index (χ1n) is 16.0. The molecule has 0 fully saturated rings. The largest absolute Gasteiger partial charge is 0.497 e. The summed E-state index contributed by atoms with van der Waals surface area (Å²) >= 11 is 0. The molecule has 2 N–H and O–H groups in total. The van der Waals surface area contributed by atoms with E-state index in [9.17, 15) is 10.2 Å². The number of hydrogen-bond donors (Lipinski definition) is 2. The molecule has 240 valence electrons. The molecule has 44 heavy (non-hydrogen) atoms. The van der Waals surface area contributed by atoms with E-state index in [0.29, 0.717) is 32.5 Å². The molecule has 0 amide bonds. The molecule has 0 aliphatic rings. The molecule has 5 nitrogen and oxygen atoms in total. The number of methoxy groups -OCH3 is 1. The molecule has 3 aromatic carbocycles. The molecule has 0 saturated carbocycles. The van der Waals surface area contributed by atoms with Gasteiger partial charge in [-0.1, -0.05) is 113 Å². The van der Waals surface area contributed by atoms with Crippen LogP contribution in [0.25, 0.3) is 0 Å². The fraction of sp³-hybridized carbons (Fsp3) is 0.474. The van der Waals surface area contributed by atoms with E-state index in [1.54, 1.807) is 7.11 Å². The lowest BCUT2D eigenvalue weighted by Crippen LogP contribution is -2.66. The molecule has 0 aromatic heterocycles. The van der Waals surface area contributed by atoms with E-state index in [1.165, 1.54) is 10.4 Å². The fourth-order valence-corrected chi connectivity index (χ4v) is 10.8. The summed E-state index contributed by atoms with van der Waals surface area (Å²) in [7, 11) is -0.964. The van der Waals surface area contributed by atoms with Crippen LogP contribution in [-0.2, 0) is 15.8 Å². The van der Waals surface area contributed by atoms with Crippen LogP contribution in [0.15, 0.2) is 97.6 Å². The van der Waals surface area contributed by atoms with Crippen LogP contribution in [-0.4, -0.2) is 50.6 Å². The van der Waals surface area contributed by atoms with E-state index >= 15 is 0 Å². The molecule has 0 aliphatic carbocycles. The number of aliphatic hydroxyl groups excluding tert-OH is 2. The van der Waals surface area contributed by atoms with Crippen LogP contribution in [0.3, 0.4) is 0 Å². The summed E-state index contributed by atoms with van der Waals surface area (Å²) in [6.07, 6.45) is 2.54. The van der Waals surface area contributed by atoms with Gasteiger partial charge in [0, 0.05) is 6.61 Å². The van der Waals surface area contributed by atoms with Crippen molar-refractivity contribution < 1.29 is 24.1 Å². The maximum absolute atomic E-state index is 11.1. The van der Waals surface area contributed by atoms with E-state index in [-0.39, 0.29) is 23.0 Å². The highest BCUT2D eigenvalue weighted by atomic mass is 28.4. The van der Waals surface area contributed by atoms with Gasteiger partial charge in [-0.25, -0.2) is 0 Å². The molecular weight excluding hydrogens is 564 g/mol. The second-order valence-corrected chi connectivity index (χ2v) is 17.6. The minimum absolute atomic E-state index is 0.0143. The van der Waals surface area contributed by atoms with Crippen molar-refractivity contribution in [1.29, 1.82) is 0 Å². The van der Waals surface area contributed by atoms with E-state index in [1.807, 2.05) is 30.3 Å². The maximum atomic E-state index is 11.1. The summed E-state index contributed by atoms with van der Waals surface area (Å²) < 4.78 is 18.5. The molecule has 5 atom stereocenters. The Morgan fingerprint density at radius 2 is 1.39 bits per heavy atom. The standard InChI is InChI=1S/C38H54O5Si/c1-8-15-34(42-28-31-20-22-33(41-7)23-21-31)25-32(39)26-37(40)30(3)24-29(2)27-43-44(38(4,5)6,35-16-11-9-12-17-35)36-18-13-10-14-19-36/h8-14,16-23,29-30,32,34,37,39-40H,1,15,24-28H2,2-7H3/t29-,30-,32+,34-,37-/m0/s1. The van der Waals surface area contributed by atoms with Crippen LogP contribution in [0.1, 0.15) is 65.9 Å². The predicted molar refractivity (Wildman–Crippen MR) is 184 cm³/mol. The normalized spacial score (nSPS) is 15.6. The second kappa shape index (κ2) is 17.1. The molecule has 0 radical (unpaired) electrons. The van der Waals surface area contributed by atoms with Crippen LogP contribution < -0.4 is 15.1 Å². The summed E-state index contributed by atoms with van der Waals surface area (Å²) in [5.74, 6) is 1.05. The smallest absolute Gasteiger partial charge is 0.261 e. The Hall–Kier alpha value is -2.74. The molecule has 6 heteroatoms. The quantitative estimate of drug-likeness (QED) is 0.120. The Bertz CT molecular complexity index is 1190. The summed E-state index contributed by atoms with van der Waals surface area (Å²) in [4.78, 5) is 0. The highest BCUT2D eigenvalue weighted by Crippen LogP contribution is 2.37. The van der Waals surface area contributed by atoms with Gasteiger partial charge in [0.05, 0.1) is 32.0 Å². The summed E-state index contributed by atoms with van der Waals surface area (Å²) in [5, 5.41) is 24.4. The number of rotatable bonds is 18. The Morgan fingerprint density at radius 1 is 0.818 bits per heavy atom. The van der Waals surface area contributed by atoms with Crippen molar-refractivity contribution in [3.63, 3.8) is 0 Å². The summed E-state index contributed by atoms with van der Waals surface area (Å²) in [5.41, 5.74) is 1.04. The third kappa shape index (κ3) is 9.88. The zero-order valence-electron chi connectivity index (χ0n) is 27.6. The maximum Gasteiger partial charge on any atom is 0.261 e. The highest BCUT2D eigenvalue weighted by Gasteiger charge is 2.50. The minimum Gasteiger partial charge on any atom is -0.497 e. The van der Waals surface area contributed by atoms with Gasteiger partial charge in [-0.05, 0) is 70.6 Å². The molecule has 0 unspecified atom stereocenters. The van der Waals surface area contributed by atoms with Crippen LogP contribution >= 0.6 is 0 Å². The van der Waals surface area contributed by atoms with Crippen molar-refractivity contribution in [1.82, 2.24) is 0 Å². The third-order valence-corrected chi connectivity index (χ3v) is 13.6. The van der Waals surface area contributed by atoms with Crippen molar-refractivity contribution >= 4 is 18.7 Å². The van der Waals surface area contributed by atoms with Crippen molar-refractivity contribution in [3.8, 4) is 5.75 Å². The third-order valence-electron chi connectivity index (χ3n) is 8.56. The molecule has 0 saturated heterocycles. The summed E-state index contributed by atoms with van der Waals surface area (Å²) in [6.45, 7) is 16.0.